The zero-order valence-electron chi connectivity index (χ0n) is 17.6. The number of dihydropyridines is 1. The minimum atomic E-state index is -0.898. The lowest BCUT2D eigenvalue weighted by Gasteiger charge is -2.23. The largest absolute Gasteiger partial charge is 0.495 e. The highest BCUT2D eigenvalue weighted by Gasteiger charge is 2.29. The summed E-state index contributed by atoms with van der Waals surface area (Å²) in [7, 11) is 1.55. The number of nitrogens with one attached hydrogen (secondary N) is 3. The molecule has 0 aliphatic carbocycles. The van der Waals surface area contributed by atoms with Crippen molar-refractivity contribution in [3.8, 4) is 16.9 Å². The molecule has 1 aliphatic heterocycles. The van der Waals surface area contributed by atoms with Crippen LogP contribution in [-0.2, 0) is 0 Å². The van der Waals surface area contributed by atoms with Gasteiger partial charge in [0.15, 0.2) is 5.78 Å². The number of anilines is 1. The lowest BCUT2D eigenvalue weighted by Crippen LogP contribution is -2.40. The van der Waals surface area contributed by atoms with Crippen LogP contribution in [0.25, 0.3) is 11.1 Å². The number of hydrogen-bond acceptors (Lipinski definition) is 7. The summed E-state index contributed by atoms with van der Waals surface area (Å²) in [4.78, 5) is 17.8. The third-order valence-electron chi connectivity index (χ3n) is 5.18. The van der Waals surface area contributed by atoms with Gasteiger partial charge in [0.05, 0.1) is 37.0 Å². The molecule has 0 saturated heterocycles. The van der Waals surface area contributed by atoms with Gasteiger partial charge in [0, 0.05) is 29.8 Å². The van der Waals surface area contributed by atoms with Crippen LogP contribution in [0.15, 0.2) is 90.2 Å². The lowest BCUT2D eigenvalue weighted by molar-refractivity contribution is 0.0989. The van der Waals surface area contributed by atoms with Crippen molar-refractivity contribution in [1.82, 2.24) is 10.3 Å². The molecule has 2 aromatic heterocycles. The molecule has 0 radical (unpaired) electrons. The SMILES string of the molecule is COc1cncc(NC(C(=N)CC2C=CC=CN2)C(=O)c2cocc2-c2ccccc2)c1. The van der Waals surface area contributed by atoms with Crippen LogP contribution in [0.2, 0.25) is 0 Å². The molecule has 1 aliphatic rings. The molecule has 162 valence electrons. The smallest absolute Gasteiger partial charge is 0.194 e. The first kappa shape index (κ1) is 21.1. The topological polar surface area (TPSA) is 100 Å². The molecule has 7 heteroatoms. The fourth-order valence-corrected chi connectivity index (χ4v) is 3.54. The molecule has 3 aromatic rings. The maximum Gasteiger partial charge on any atom is 0.194 e. The molecule has 2 unspecified atom stereocenters. The average molecular weight is 428 g/mol. The van der Waals surface area contributed by atoms with Crippen LogP contribution in [0.4, 0.5) is 5.69 Å². The lowest BCUT2D eigenvalue weighted by atomic mass is 9.93. The van der Waals surface area contributed by atoms with Gasteiger partial charge >= 0.3 is 0 Å². The van der Waals surface area contributed by atoms with Crippen molar-refractivity contribution < 1.29 is 13.9 Å². The quantitative estimate of drug-likeness (QED) is 0.344. The van der Waals surface area contributed by atoms with E-state index in [4.69, 9.17) is 14.6 Å². The number of hydrogen-bond donors (Lipinski definition) is 3. The predicted octanol–water partition coefficient (Wildman–Crippen LogP) is 4.47. The molecule has 0 amide bonds. The number of Topliss-reactive ketones (excluding diaryl/α,β-unsaturated/α-hetero) is 1. The van der Waals surface area contributed by atoms with E-state index in [1.54, 1.807) is 31.8 Å². The molecular formula is C25H24N4O3. The number of allylic oxidation sites excluding steroid dienone is 2. The Morgan fingerprint density at radius 1 is 1.25 bits per heavy atom. The molecule has 0 fully saturated rings. The average Bonchev–Trinajstić information content (AvgIpc) is 3.33. The number of pyridine rings is 1. The zero-order chi connectivity index (χ0) is 22.3. The van der Waals surface area contributed by atoms with E-state index in [1.165, 1.54) is 6.26 Å². The summed E-state index contributed by atoms with van der Waals surface area (Å²) < 4.78 is 10.6. The van der Waals surface area contributed by atoms with Gasteiger partial charge < -0.3 is 25.2 Å². The summed E-state index contributed by atoms with van der Waals surface area (Å²) in [6.07, 6.45) is 14.2. The maximum atomic E-state index is 13.7. The molecule has 0 bridgehead atoms. The summed E-state index contributed by atoms with van der Waals surface area (Å²) in [5.74, 6) is 0.309. The van der Waals surface area contributed by atoms with Gasteiger partial charge in [0.2, 0.25) is 0 Å². The molecule has 32 heavy (non-hydrogen) atoms. The van der Waals surface area contributed by atoms with E-state index in [1.807, 2.05) is 54.8 Å². The second kappa shape index (κ2) is 9.78. The maximum absolute atomic E-state index is 13.7. The summed E-state index contributed by atoms with van der Waals surface area (Å²) in [5, 5.41) is 15.2. The van der Waals surface area contributed by atoms with Crippen molar-refractivity contribution in [3.05, 3.63) is 91.3 Å². The monoisotopic (exact) mass is 428 g/mol. The highest BCUT2D eigenvalue weighted by molar-refractivity contribution is 6.19. The van der Waals surface area contributed by atoms with E-state index in [0.29, 0.717) is 29.0 Å². The van der Waals surface area contributed by atoms with E-state index in [-0.39, 0.29) is 17.5 Å². The van der Waals surface area contributed by atoms with Crippen molar-refractivity contribution in [1.29, 1.82) is 5.41 Å². The number of benzene rings is 1. The Kier molecular flexibility index (Phi) is 6.46. The molecule has 3 heterocycles. The molecular weight excluding hydrogens is 404 g/mol. The van der Waals surface area contributed by atoms with Crippen molar-refractivity contribution >= 4 is 17.2 Å². The molecule has 0 saturated carbocycles. The van der Waals surface area contributed by atoms with E-state index in [9.17, 15) is 4.79 Å². The Balaban J connectivity index is 1.64. The highest BCUT2D eigenvalue weighted by atomic mass is 16.5. The number of carbonyl (C=O) groups excluding carboxylic acids is 1. The first-order valence-electron chi connectivity index (χ1n) is 10.2. The number of aromatic nitrogens is 1. The number of nitrogens with zero attached hydrogens (tertiary/aromatic N) is 1. The standard InChI is InChI=1S/C25H24N4O3/c1-31-20-11-19(13-27-14-20)29-24(23(26)12-18-9-5-6-10-28-18)25(30)22-16-32-15-21(22)17-7-3-2-4-8-17/h2-11,13-16,18,24,26,28-29H,12H2,1H3. The Bertz CT molecular complexity index is 1150. The fourth-order valence-electron chi connectivity index (χ4n) is 3.54. The minimum Gasteiger partial charge on any atom is -0.495 e. The van der Waals surface area contributed by atoms with E-state index in [2.05, 4.69) is 15.6 Å². The van der Waals surface area contributed by atoms with Gasteiger partial charge in [0.25, 0.3) is 0 Å². The Morgan fingerprint density at radius 3 is 2.84 bits per heavy atom. The van der Waals surface area contributed by atoms with E-state index in [0.717, 1.165) is 5.56 Å². The van der Waals surface area contributed by atoms with Crippen LogP contribution >= 0.6 is 0 Å². The molecule has 4 rings (SSSR count). The van der Waals surface area contributed by atoms with Crippen molar-refractivity contribution in [2.75, 3.05) is 12.4 Å². The van der Waals surface area contributed by atoms with Gasteiger partial charge in [-0.3, -0.25) is 9.78 Å². The van der Waals surface area contributed by atoms with Crippen molar-refractivity contribution in [2.45, 2.75) is 18.5 Å². The van der Waals surface area contributed by atoms with Crippen LogP contribution in [0, 0.1) is 5.41 Å². The highest BCUT2D eigenvalue weighted by Crippen LogP contribution is 2.27. The first-order valence-corrected chi connectivity index (χ1v) is 10.2. The second-order valence-corrected chi connectivity index (χ2v) is 7.37. The van der Waals surface area contributed by atoms with E-state index >= 15 is 0 Å². The number of carbonyl (C=O) groups is 1. The fraction of sp³-hybridized carbons (Fsp3) is 0.160. The molecule has 0 spiro atoms. The summed E-state index contributed by atoms with van der Waals surface area (Å²) in [6, 6.07) is 10.4. The summed E-state index contributed by atoms with van der Waals surface area (Å²) in [6.45, 7) is 0. The normalized spacial score (nSPS) is 15.6. The van der Waals surface area contributed by atoms with Gasteiger partial charge in [-0.2, -0.15) is 0 Å². The van der Waals surface area contributed by atoms with E-state index < -0.39 is 6.04 Å². The first-order chi connectivity index (χ1) is 15.7. The molecule has 7 nitrogen and oxygen atoms in total. The Labute approximate surface area is 186 Å². The van der Waals surface area contributed by atoms with Crippen molar-refractivity contribution in [2.24, 2.45) is 0 Å². The Hall–Kier alpha value is -4.13. The van der Waals surface area contributed by atoms with Crippen molar-refractivity contribution in [3.63, 3.8) is 0 Å². The van der Waals surface area contributed by atoms with Gasteiger partial charge in [-0.1, -0.05) is 42.5 Å². The predicted molar refractivity (Wildman–Crippen MR) is 124 cm³/mol. The second-order valence-electron chi connectivity index (χ2n) is 7.37. The van der Waals surface area contributed by atoms with Crippen LogP contribution in [-0.4, -0.2) is 35.7 Å². The number of furan rings is 1. The molecule has 3 N–H and O–H groups in total. The zero-order valence-corrected chi connectivity index (χ0v) is 17.6. The van der Waals surface area contributed by atoms with Crippen LogP contribution in [0.1, 0.15) is 16.8 Å². The number of rotatable bonds is 9. The third-order valence-corrected chi connectivity index (χ3v) is 5.18. The summed E-state index contributed by atoms with van der Waals surface area (Å²) in [5.41, 5.74) is 2.82. The van der Waals surface area contributed by atoms with Gasteiger partial charge in [-0.05, 0) is 17.8 Å². The molecule has 1 aromatic carbocycles. The van der Waals surface area contributed by atoms with Gasteiger partial charge in [-0.25, -0.2) is 0 Å². The third kappa shape index (κ3) is 4.78. The number of ketones is 1. The molecule has 2 atom stereocenters. The van der Waals surface area contributed by atoms with Gasteiger partial charge in [0.1, 0.15) is 18.1 Å². The van der Waals surface area contributed by atoms with Crippen LogP contribution in [0.5, 0.6) is 5.75 Å². The Morgan fingerprint density at radius 2 is 2.09 bits per heavy atom. The van der Waals surface area contributed by atoms with Gasteiger partial charge in [-0.15, -0.1) is 0 Å². The van der Waals surface area contributed by atoms with Crippen LogP contribution in [0.3, 0.4) is 0 Å². The number of ether oxygens (including phenoxy) is 1. The summed E-state index contributed by atoms with van der Waals surface area (Å²) >= 11 is 0. The minimum absolute atomic E-state index is 0.0639. The van der Waals surface area contributed by atoms with Crippen LogP contribution < -0.4 is 15.4 Å². The number of methoxy groups -OCH3 is 1.